The second kappa shape index (κ2) is 8.55. The summed E-state index contributed by atoms with van der Waals surface area (Å²) in [4.78, 5) is 0. The van der Waals surface area contributed by atoms with Gasteiger partial charge in [0.05, 0.1) is 6.16 Å². The van der Waals surface area contributed by atoms with Crippen molar-refractivity contribution in [2.24, 2.45) is 0 Å². The molecule has 28 heavy (non-hydrogen) atoms. The minimum Gasteiger partial charge on any atom is -0.0622 e. The molecule has 1 atom stereocenters. The Morgan fingerprint density at radius 2 is 0.821 bits per heavy atom. The largest absolute Gasteiger partial charge is 0.112 e. The van der Waals surface area contributed by atoms with Gasteiger partial charge in [-0.2, -0.15) is 0 Å². The van der Waals surface area contributed by atoms with Crippen LogP contribution in [0.3, 0.4) is 0 Å². The predicted molar refractivity (Wildman–Crippen MR) is 125 cm³/mol. The van der Waals surface area contributed by atoms with Crippen molar-refractivity contribution in [1.29, 1.82) is 0 Å². The number of rotatable bonds is 6. The zero-order chi connectivity index (χ0) is 19.2. The van der Waals surface area contributed by atoms with Gasteiger partial charge in [0.2, 0.25) is 0 Å². The zero-order valence-electron chi connectivity index (χ0n) is 16.3. The molecule has 0 N–H and O–H groups in total. The van der Waals surface area contributed by atoms with Gasteiger partial charge in [0.25, 0.3) is 0 Å². The van der Waals surface area contributed by atoms with Crippen LogP contribution in [-0.4, -0.2) is 6.16 Å². The fraction of sp³-hybridized carbons (Fsp3) is 0.111. The molecule has 0 heterocycles. The molecular formula is C27H26P+. The van der Waals surface area contributed by atoms with E-state index in [4.69, 9.17) is 0 Å². The number of hydrogen-bond acceptors (Lipinski definition) is 0. The second-order valence-corrected chi connectivity index (χ2v) is 10.8. The summed E-state index contributed by atoms with van der Waals surface area (Å²) in [7, 11) is -1.77. The van der Waals surface area contributed by atoms with Crippen LogP contribution in [0.4, 0.5) is 0 Å². The Bertz CT molecular complexity index is 883. The fourth-order valence-corrected chi connectivity index (χ4v) is 8.71. The quantitative estimate of drug-likeness (QED) is 0.371. The lowest BCUT2D eigenvalue weighted by Gasteiger charge is -2.30. The normalized spacial score (nSPS) is 12.5. The monoisotopic (exact) mass is 381 g/mol. The zero-order valence-corrected chi connectivity index (χ0v) is 17.2. The molecule has 0 aliphatic carbocycles. The standard InChI is InChI=1S/C27H26P/c1-23(24-14-6-2-7-15-24)22-28(25-16-8-3-9-17-25,26-18-10-4-11-19-26)27-20-12-5-13-21-27/h2-21,23H,22H2,1H3/q+1. The number of hydrogen-bond donors (Lipinski definition) is 0. The van der Waals surface area contributed by atoms with E-state index in [2.05, 4.69) is 128 Å². The van der Waals surface area contributed by atoms with Crippen LogP contribution in [0.25, 0.3) is 0 Å². The molecule has 1 heteroatoms. The van der Waals surface area contributed by atoms with E-state index >= 15 is 0 Å². The van der Waals surface area contributed by atoms with Gasteiger partial charge in [0.1, 0.15) is 23.2 Å². The topological polar surface area (TPSA) is 0 Å². The van der Waals surface area contributed by atoms with Gasteiger partial charge in [-0.15, -0.1) is 0 Å². The fourth-order valence-electron chi connectivity index (χ4n) is 4.11. The summed E-state index contributed by atoms with van der Waals surface area (Å²) < 4.78 is 0. The minimum absolute atomic E-state index is 0.468. The van der Waals surface area contributed by atoms with Gasteiger partial charge in [-0.05, 0) is 42.0 Å². The van der Waals surface area contributed by atoms with E-state index in [1.807, 2.05) is 0 Å². The molecule has 4 rings (SSSR count). The highest BCUT2D eigenvalue weighted by Crippen LogP contribution is 2.57. The lowest BCUT2D eigenvalue weighted by Crippen LogP contribution is -2.34. The van der Waals surface area contributed by atoms with E-state index in [9.17, 15) is 0 Å². The van der Waals surface area contributed by atoms with Crippen LogP contribution in [-0.2, 0) is 0 Å². The van der Waals surface area contributed by atoms with Crippen LogP contribution < -0.4 is 15.9 Å². The van der Waals surface area contributed by atoms with Crippen LogP contribution in [0.5, 0.6) is 0 Å². The molecule has 0 nitrogen and oxygen atoms in total. The Kier molecular flexibility index (Phi) is 5.70. The molecule has 0 aromatic heterocycles. The SMILES string of the molecule is CC(C[P+](c1ccccc1)(c1ccccc1)c1ccccc1)c1ccccc1. The molecule has 0 saturated heterocycles. The van der Waals surface area contributed by atoms with Crippen molar-refractivity contribution in [3.8, 4) is 0 Å². The highest BCUT2D eigenvalue weighted by Gasteiger charge is 2.46. The first kappa shape index (κ1) is 18.7. The van der Waals surface area contributed by atoms with Crippen LogP contribution in [0, 0.1) is 0 Å². The van der Waals surface area contributed by atoms with Gasteiger partial charge < -0.3 is 0 Å². The summed E-state index contributed by atoms with van der Waals surface area (Å²) in [5.74, 6) is 0.468. The Labute approximate surface area is 169 Å². The van der Waals surface area contributed by atoms with Crippen LogP contribution >= 0.6 is 7.26 Å². The van der Waals surface area contributed by atoms with E-state index < -0.39 is 7.26 Å². The smallest absolute Gasteiger partial charge is 0.0622 e. The van der Waals surface area contributed by atoms with E-state index in [0.29, 0.717) is 5.92 Å². The average Bonchev–Trinajstić information content (AvgIpc) is 2.80. The third kappa shape index (κ3) is 3.66. The first-order valence-corrected chi connectivity index (χ1v) is 11.9. The average molecular weight is 381 g/mol. The van der Waals surface area contributed by atoms with Gasteiger partial charge in [-0.3, -0.25) is 0 Å². The van der Waals surface area contributed by atoms with Gasteiger partial charge in [0.15, 0.2) is 0 Å². The van der Waals surface area contributed by atoms with Gasteiger partial charge in [0, 0.05) is 5.92 Å². The lowest BCUT2D eigenvalue weighted by molar-refractivity contribution is 0.875. The number of benzene rings is 4. The van der Waals surface area contributed by atoms with Crippen molar-refractivity contribution in [3.05, 3.63) is 127 Å². The molecule has 138 valence electrons. The Hall–Kier alpha value is -2.69. The van der Waals surface area contributed by atoms with Crippen molar-refractivity contribution in [2.75, 3.05) is 6.16 Å². The third-order valence-electron chi connectivity index (χ3n) is 5.51. The second-order valence-electron chi connectivity index (χ2n) is 7.31. The first-order valence-electron chi connectivity index (χ1n) is 9.90. The molecule has 1 unspecified atom stereocenters. The summed E-state index contributed by atoms with van der Waals surface area (Å²) in [6.07, 6.45) is 1.12. The molecule has 0 aliphatic heterocycles. The molecule has 0 amide bonds. The van der Waals surface area contributed by atoms with Crippen LogP contribution in [0.15, 0.2) is 121 Å². The molecule has 0 fully saturated rings. The van der Waals surface area contributed by atoms with Crippen molar-refractivity contribution < 1.29 is 0 Å². The Morgan fingerprint density at radius 3 is 1.18 bits per heavy atom. The first-order chi connectivity index (χ1) is 13.8. The molecule has 4 aromatic carbocycles. The summed E-state index contributed by atoms with van der Waals surface area (Å²) in [5, 5.41) is 4.36. The van der Waals surface area contributed by atoms with Crippen molar-refractivity contribution in [3.63, 3.8) is 0 Å². The molecule has 0 spiro atoms. The summed E-state index contributed by atoms with van der Waals surface area (Å²) in [6, 6.07) is 44.3. The Balaban J connectivity index is 1.93. The molecule has 4 aromatic rings. The molecule has 0 radical (unpaired) electrons. The van der Waals surface area contributed by atoms with Crippen LogP contribution in [0.2, 0.25) is 0 Å². The maximum atomic E-state index is 2.37. The van der Waals surface area contributed by atoms with Crippen molar-refractivity contribution in [2.45, 2.75) is 12.8 Å². The summed E-state index contributed by atoms with van der Waals surface area (Å²) in [5.41, 5.74) is 1.41. The van der Waals surface area contributed by atoms with E-state index in [0.717, 1.165) is 6.16 Å². The van der Waals surface area contributed by atoms with E-state index in [-0.39, 0.29) is 0 Å². The molecule has 0 bridgehead atoms. The van der Waals surface area contributed by atoms with Gasteiger partial charge in [-0.25, -0.2) is 0 Å². The van der Waals surface area contributed by atoms with Gasteiger partial charge in [-0.1, -0.05) is 91.9 Å². The maximum Gasteiger partial charge on any atom is 0.112 e. The maximum absolute atomic E-state index is 2.37. The summed E-state index contributed by atoms with van der Waals surface area (Å²) in [6.45, 7) is 2.37. The van der Waals surface area contributed by atoms with Gasteiger partial charge >= 0.3 is 0 Å². The highest BCUT2D eigenvalue weighted by atomic mass is 31.2. The summed E-state index contributed by atoms with van der Waals surface area (Å²) >= 11 is 0. The third-order valence-corrected chi connectivity index (χ3v) is 10.1. The van der Waals surface area contributed by atoms with E-state index in [1.165, 1.54) is 21.5 Å². The van der Waals surface area contributed by atoms with E-state index in [1.54, 1.807) is 0 Å². The molecule has 0 aliphatic rings. The van der Waals surface area contributed by atoms with Crippen LogP contribution in [0.1, 0.15) is 18.4 Å². The highest BCUT2D eigenvalue weighted by molar-refractivity contribution is 7.95. The minimum atomic E-state index is -1.77. The predicted octanol–water partition coefficient (Wildman–Crippen LogP) is 5.78. The molecular weight excluding hydrogens is 355 g/mol. The van der Waals surface area contributed by atoms with Crippen molar-refractivity contribution in [1.82, 2.24) is 0 Å². The Morgan fingerprint density at radius 1 is 0.500 bits per heavy atom. The lowest BCUT2D eigenvalue weighted by atomic mass is 10.0. The van der Waals surface area contributed by atoms with Crippen molar-refractivity contribution >= 4 is 23.2 Å². The molecule has 0 saturated carbocycles.